The first-order chi connectivity index (χ1) is 9.12. The van der Waals surface area contributed by atoms with E-state index in [1.807, 2.05) is 36.5 Å². The van der Waals surface area contributed by atoms with Crippen LogP contribution in [0.25, 0.3) is 0 Å². The van der Waals surface area contributed by atoms with E-state index >= 15 is 0 Å². The summed E-state index contributed by atoms with van der Waals surface area (Å²) in [7, 11) is 0. The molecule has 2 aliphatic rings. The van der Waals surface area contributed by atoms with Gasteiger partial charge in [0.05, 0.1) is 0 Å². The van der Waals surface area contributed by atoms with Crippen LogP contribution in [-0.4, -0.2) is 23.4 Å². The molecule has 1 aromatic rings. The second kappa shape index (κ2) is 4.12. The minimum atomic E-state index is -0.661. The Hall–Kier alpha value is -2.30. The van der Waals surface area contributed by atoms with Crippen molar-refractivity contribution in [1.82, 2.24) is 4.90 Å². The predicted octanol–water partition coefficient (Wildman–Crippen LogP) is 1.56. The maximum Gasteiger partial charge on any atom is 0.321 e. The van der Waals surface area contributed by atoms with Gasteiger partial charge >= 0.3 is 6.03 Å². The Bertz CT molecular complexity index is 582. The summed E-state index contributed by atoms with van der Waals surface area (Å²) in [4.78, 5) is 24.4. The number of urea groups is 1. The lowest BCUT2D eigenvalue weighted by atomic mass is 9.71. The number of nitrogens with zero attached hydrogens (tertiary/aromatic N) is 1. The summed E-state index contributed by atoms with van der Waals surface area (Å²) in [5, 5.41) is 3.19. The molecule has 1 saturated heterocycles. The molecule has 2 aliphatic heterocycles. The van der Waals surface area contributed by atoms with Crippen molar-refractivity contribution in [2.24, 2.45) is 5.73 Å². The van der Waals surface area contributed by atoms with Crippen LogP contribution in [-0.2, 0) is 10.2 Å². The third-order valence-corrected chi connectivity index (χ3v) is 3.92. The van der Waals surface area contributed by atoms with Gasteiger partial charge in [0, 0.05) is 24.1 Å². The maximum absolute atomic E-state index is 12.1. The van der Waals surface area contributed by atoms with Crippen molar-refractivity contribution in [3.05, 3.63) is 42.1 Å². The second-order valence-electron chi connectivity index (χ2n) is 4.99. The lowest BCUT2D eigenvalue weighted by Gasteiger charge is -2.40. The number of nitrogens with two attached hydrogens (primary N) is 1. The summed E-state index contributed by atoms with van der Waals surface area (Å²) in [5.41, 5.74) is 7.02. The van der Waals surface area contributed by atoms with Crippen molar-refractivity contribution < 1.29 is 9.59 Å². The predicted molar refractivity (Wildman–Crippen MR) is 71.4 cm³/mol. The van der Waals surface area contributed by atoms with Crippen molar-refractivity contribution in [2.45, 2.75) is 18.3 Å². The van der Waals surface area contributed by atoms with Gasteiger partial charge in [-0.3, -0.25) is 9.69 Å². The molecule has 1 aromatic carbocycles. The van der Waals surface area contributed by atoms with Crippen LogP contribution in [0.5, 0.6) is 0 Å². The maximum atomic E-state index is 12.1. The standard InChI is InChI=1S/C14H15N3O2/c15-13(19)17-8-6-14(9-12(17)18)5-7-16-11-4-2-1-3-10(11)14/h1-5,7,16H,6,8-9H2,(H2,15,19). The Morgan fingerprint density at radius 1 is 1.37 bits per heavy atom. The van der Waals surface area contributed by atoms with Crippen LogP contribution in [0, 0.1) is 0 Å². The number of anilines is 1. The number of imide groups is 1. The van der Waals surface area contributed by atoms with Gasteiger partial charge in [0.15, 0.2) is 0 Å². The highest BCUT2D eigenvalue weighted by Crippen LogP contribution is 2.42. The van der Waals surface area contributed by atoms with E-state index in [1.54, 1.807) is 0 Å². The van der Waals surface area contributed by atoms with E-state index in [0.717, 1.165) is 16.2 Å². The largest absolute Gasteiger partial charge is 0.362 e. The fourth-order valence-electron chi connectivity index (χ4n) is 2.92. The molecule has 3 rings (SSSR count). The van der Waals surface area contributed by atoms with Gasteiger partial charge < -0.3 is 11.1 Å². The number of primary amides is 1. The minimum Gasteiger partial charge on any atom is -0.362 e. The molecular weight excluding hydrogens is 242 g/mol. The molecule has 2 heterocycles. The van der Waals surface area contributed by atoms with Crippen molar-refractivity contribution in [3.63, 3.8) is 0 Å². The third kappa shape index (κ3) is 1.78. The number of nitrogens with one attached hydrogen (secondary N) is 1. The zero-order valence-electron chi connectivity index (χ0n) is 10.4. The number of hydrogen-bond acceptors (Lipinski definition) is 3. The zero-order valence-corrected chi connectivity index (χ0v) is 10.4. The van der Waals surface area contributed by atoms with E-state index in [1.165, 1.54) is 0 Å². The van der Waals surface area contributed by atoms with Crippen LogP contribution in [0.3, 0.4) is 0 Å². The van der Waals surface area contributed by atoms with Gasteiger partial charge in [-0.15, -0.1) is 0 Å². The summed E-state index contributed by atoms with van der Waals surface area (Å²) < 4.78 is 0. The number of likely N-dealkylation sites (tertiary alicyclic amines) is 1. The van der Waals surface area contributed by atoms with E-state index in [4.69, 9.17) is 5.73 Å². The molecule has 0 saturated carbocycles. The van der Waals surface area contributed by atoms with Crippen molar-refractivity contribution in [2.75, 3.05) is 11.9 Å². The first-order valence-corrected chi connectivity index (χ1v) is 6.26. The molecule has 3 N–H and O–H groups in total. The van der Waals surface area contributed by atoms with Crippen LogP contribution >= 0.6 is 0 Å². The van der Waals surface area contributed by atoms with E-state index in [9.17, 15) is 9.59 Å². The Morgan fingerprint density at radius 2 is 2.16 bits per heavy atom. The molecular formula is C14H15N3O2. The number of hydrogen-bond donors (Lipinski definition) is 2. The first kappa shape index (κ1) is 11.8. The minimum absolute atomic E-state index is 0.208. The lowest BCUT2D eigenvalue weighted by molar-refractivity contribution is -0.131. The summed E-state index contributed by atoms with van der Waals surface area (Å²) in [6, 6.07) is 7.28. The summed E-state index contributed by atoms with van der Waals surface area (Å²) >= 11 is 0. The lowest BCUT2D eigenvalue weighted by Crippen LogP contribution is -2.50. The molecule has 3 amide bonds. The highest BCUT2D eigenvalue weighted by Gasteiger charge is 2.42. The van der Waals surface area contributed by atoms with Gasteiger partial charge in [0.25, 0.3) is 0 Å². The van der Waals surface area contributed by atoms with Crippen molar-refractivity contribution >= 4 is 17.6 Å². The zero-order chi connectivity index (χ0) is 13.5. The monoisotopic (exact) mass is 257 g/mol. The van der Waals surface area contributed by atoms with E-state index in [0.29, 0.717) is 13.0 Å². The average Bonchev–Trinajstić information content (AvgIpc) is 2.39. The van der Waals surface area contributed by atoms with Crippen LogP contribution in [0.1, 0.15) is 18.4 Å². The third-order valence-electron chi connectivity index (χ3n) is 3.92. The molecule has 19 heavy (non-hydrogen) atoms. The highest BCUT2D eigenvalue weighted by atomic mass is 16.2. The van der Waals surface area contributed by atoms with E-state index < -0.39 is 6.03 Å². The molecule has 0 aliphatic carbocycles. The van der Waals surface area contributed by atoms with Gasteiger partial charge in [0.1, 0.15) is 0 Å². The highest BCUT2D eigenvalue weighted by molar-refractivity contribution is 5.95. The van der Waals surface area contributed by atoms with Gasteiger partial charge in [-0.25, -0.2) is 4.79 Å². The molecule has 5 nitrogen and oxygen atoms in total. The van der Waals surface area contributed by atoms with Gasteiger partial charge in [-0.05, 0) is 24.3 Å². The number of para-hydroxylation sites is 1. The van der Waals surface area contributed by atoms with Crippen LogP contribution in [0.4, 0.5) is 10.5 Å². The van der Waals surface area contributed by atoms with Crippen LogP contribution < -0.4 is 11.1 Å². The van der Waals surface area contributed by atoms with Crippen LogP contribution in [0.15, 0.2) is 36.5 Å². The topological polar surface area (TPSA) is 75.4 Å². The molecule has 0 aromatic heterocycles. The van der Waals surface area contributed by atoms with E-state index in [2.05, 4.69) is 5.32 Å². The number of piperidine rings is 1. The van der Waals surface area contributed by atoms with Crippen molar-refractivity contribution in [3.8, 4) is 0 Å². The summed E-state index contributed by atoms with van der Waals surface area (Å²) in [6.45, 7) is 0.368. The summed E-state index contributed by atoms with van der Waals surface area (Å²) in [5.74, 6) is -0.208. The SMILES string of the molecule is NC(=O)N1CCC2(C=CNc3ccccc32)CC1=O. The Labute approximate surface area is 111 Å². The smallest absolute Gasteiger partial charge is 0.321 e. The van der Waals surface area contributed by atoms with Crippen LogP contribution in [0.2, 0.25) is 0 Å². The van der Waals surface area contributed by atoms with E-state index in [-0.39, 0.29) is 17.7 Å². The number of amides is 3. The Morgan fingerprint density at radius 3 is 2.89 bits per heavy atom. The molecule has 1 fully saturated rings. The number of fused-ring (bicyclic) bond motifs is 2. The Kier molecular flexibility index (Phi) is 2.55. The number of carbonyl (C=O) groups excluding carboxylic acids is 2. The number of rotatable bonds is 0. The molecule has 1 atom stereocenters. The fourth-order valence-corrected chi connectivity index (χ4v) is 2.92. The number of allylic oxidation sites excluding steroid dienone is 1. The van der Waals surface area contributed by atoms with Gasteiger partial charge in [-0.1, -0.05) is 24.3 Å². The average molecular weight is 257 g/mol. The summed E-state index contributed by atoms with van der Waals surface area (Å²) in [6.07, 6.45) is 4.88. The molecule has 0 radical (unpaired) electrons. The van der Waals surface area contributed by atoms with Gasteiger partial charge in [0.2, 0.25) is 5.91 Å². The van der Waals surface area contributed by atoms with Crippen molar-refractivity contribution in [1.29, 1.82) is 0 Å². The number of carbonyl (C=O) groups is 2. The quantitative estimate of drug-likeness (QED) is 0.740. The number of benzene rings is 1. The molecule has 1 spiro atoms. The fraction of sp³-hybridized carbons (Fsp3) is 0.286. The first-order valence-electron chi connectivity index (χ1n) is 6.26. The molecule has 5 heteroatoms. The normalized spacial score (nSPS) is 25.1. The molecule has 0 bridgehead atoms. The second-order valence-corrected chi connectivity index (χ2v) is 4.99. The Balaban J connectivity index is 1.98. The molecule has 1 unspecified atom stereocenters. The molecule has 98 valence electrons. The van der Waals surface area contributed by atoms with Gasteiger partial charge in [-0.2, -0.15) is 0 Å².